The summed E-state index contributed by atoms with van der Waals surface area (Å²) in [6.45, 7) is 4.35. The van der Waals surface area contributed by atoms with Gasteiger partial charge in [0, 0.05) is 0 Å². The number of hydrogen-bond donors (Lipinski definition) is 2. The number of methoxy groups -OCH3 is 1. The topological polar surface area (TPSA) is 67.4 Å². The van der Waals surface area contributed by atoms with Crippen molar-refractivity contribution < 1.29 is 14.3 Å². The number of hydrogen-bond acceptors (Lipinski definition) is 4. The monoisotopic (exact) mass is 240 g/mol. The van der Waals surface area contributed by atoms with Crippen LogP contribution in [0.5, 0.6) is 0 Å². The summed E-state index contributed by atoms with van der Waals surface area (Å²) in [4.78, 5) is 22.9. The van der Waals surface area contributed by atoms with Crippen molar-refractivity contribution in [1.29, 1.82) is 0 Å². The van der Waals surface area contributed by atoms with Crippen LogP contribution in [0.4, 0.5) is 0 Å². The van der Waals surface area contributed by atoms with Crippen LogP contribution in [0.25, 0.3) is 0 Å². The molecule has 0 aromatic carbocycles. The second-order valence-corrected chi connectivity index (χ2v) is 4.08. The number of carbonyl (C=O) groups is 2. The van der Waals surface area contributed by atoms with Crippen molar-refractivity contribution in [1.82, 2.24) is 10.6 Å². The van der Waals surface area contributed by atoms with Crippen LogP contribution in [0.3, 0.4) is 0 Å². The Kier molecular flexibility index (Phi) is 7.82. The largest absolute Gasteiger partial charge is 0.467 e. The maximum absolute atomic E-state index is 11.5. The van der Waals surface area contributed by atoms with E-state index in [0.29, 0.717) is 13.0 Å². The van der Waals surface area contributed by atoms with E-state index in [1.54, 1.807) is 0 Å². The predicted octanol–water partition coefficient (Wildman–Crippen LogP) is -0.0869. The van der Waals surface area contributed by atoms with Gasteiger partial charge in [0.25, 0.3) is 0 Å². The molecule has 0 spiro atoms. The molecule has 0 aliphatic rings. The minimum atomic E-state index is -0.597. The van der Waals surface area contributed by atoms with Gasteiger partial charge < -0.3 is 10.1 Å². The Balaban J connectivity index is 4.19. The van der Waals surface area contributed by atoms with Gasteiger partial charge in [0.2, 0.25) is 5.91 Å². The Morgan fingerprint density at radius 2 is 2.06 bits per heavy atom. The van der Waals surface area contributed by atoms with E-state index in [-0.39, 0.29) is 18.4 Å². The predicted molar refractivity (Wildman–Crippen MR) is 65.1 cm³/mol. The van der Waals surface area contributed by atoms with E-state index >= 15 is 0 Å². The molecule has 0 aromatic heterocycles. The fourth-order valence-electron chi connectivity index (χ4n) is 1.32. The Morgan fingerprint density at radius 3 is 2.53 bits per heavy atom. The molecule has 0 radical (unpaired) electrons. The number of ether oxygens (including phenoxy) is 1. The summed E-state index contributed by atoms with van der Waals surface area (Å²) < 4.78 is 4.63. The third-order valence-corrected chi connectivity index (χ3v) is 2.04. The molecule has 5 nitrogen and oxygen atoms in total. The van der Waals surface area contributed by atoms with E-state index < -0.39 is 12.0 Å². The molecule has 0 saturated carbocycles. The third-order valence-electron chi connectivity index (χ3n) is 2.04. The average Bonchev–Trinajstić information content (AvgIpc) is 2.27. The van der Waals surface area contributed by atoms with Crippen molar-refractivity contribution >= 4 is 11.9 Å². The van der Waals surface area contributed by atoms with Gasteiger partial charge >= 0.3 is 5.97 Å². The quantitative estimate of drug-likeness (QED) is 0.371. The molecule has 1 atom stereocenters. The minimum Gasteiger partial charge on any atom is -0.467 e. The smallest absolute Gasteiger partial charge is 0.328 e. The van der Waals surface area contributed by atoms with Crippen molar-refractivity contribution in [2.24, 2.45) is 5.92 Å². The lowest BCUT2D eigenvalue weighted by Gasteiger charge is -2.18. The molecule has 1 amide bonds. The Hall–Kier alpha value is -1.54. The lowest BCUT2D eigenvalue weighted by atomic mass is 10.0. The number of terminal acetylenes is 1. The van der Waals surface area contributed by atoms with Crippen LogP contribution in [0, 0.1) is 18.3 Å². The molecule has 17 heavy (non-hydrogen) atoms. The summed E-state index contributed by atoms with van der Waals surface area (Å²) in [5.41, 5.74) is 0. The van der Waals surface area contributed by atoms with E-state index in [0.717, 1.165) is 0 Å². The second-order valence-electron chi connectivity index (χ2n) is 4.08. The van der Waals surface area contributed by atoms with Gasteiger partial charge in [0.05, 0.1) is 20.2 Å². The van der Waals surface area contributed by atoms with Crippen LogP contribution in [-0.4, -0.2) is 38.1 Å². The zero-order chi connectivity index (χ0) is 13.3. The van der Waals surface area contributed by atoms with Crippen LogP contribution < -0.4 is 10.6 Å². The van der Waals surface area contributed by atoms with Crippen LogP contribution >= 0.6 is 0 Å². The highest BCUT2D eigenvalue weighted by atomic mass is 16.5. The molecule has 0 aliphatic carbocycles. The Morgan fingerprint density at radius 1 is 1.41 bits per heavy atom. The number of amides is 1. The molecule has 0 aliphatic heterocycles. The van der Waals surface area contributed by atoms with Crippen molar-refractivity contribution in [2.45, 2.75) is 26.3 Å². The van der Waals surface area contributed by atoms with E-state index in [1.807, 2.05) is 13.8 Å². The maximum atomic E-state index is 11.5. The van der Waals surface area contributed by atoms with Crippen LogP contribution in [0.15, 0.2) is 0 Å². The number of rotatable bonds is 7. The third kappa shape index (κ3) is 7.36. The van der Waals surface area contributed by atoms with E-state index in [4.69, 9.17) is 6.42 Å². The highest BCUT2D eigenvalue weighted by Crippen LogP contribution is 2.05. The summed E-state index contributed by atoms with van der Waals surface area (Å²) in [7, 11) is 1.30. The minimum absolute atomic E-state index is 0.0930. The fraction of sp³-hybridized carbons (Fsp3) is 0.667. The summed E-state index contributed by atoms with van der Waals surface area (Å²) >= 11 is 0. The molecule has 5 heteroatoms. The molecule has 0 heterocycles. The first-order valence-electron chi connectivity index (χ1n) is 5.52. The highest BCUT2D eigenvalue weighted by molar-refractivity contribution is 5.85. The molecule has 0 bridgehead atoms. The van der Waals surface area contributed by atoms with Gasteiger partial charge in [-0.3, -0.25) is 10.1 Å². The van der Waals surface area contributed by atoms with Gasteiger partial charge in [0.15, 0.2) is 0 Å². The molecular weight excluding hydrogens is 220 g/mol. The van der Waals surface area contributed by atoms with Gasteiger partial charge in [-0.15, -0.1) is 6.42 Å². The Labute approximate surface area is 102 Å². The maximum Gasteiger partial charge on any atom is 0.328 e. The van der Waals surface area contributed by atoms with Crippen molar-refractivity contribution in [3.05, 3.63) is 0 Å². The lowest BCUT2D eigenvalue weighted by Crippen LogP contribution is -2.45. The van der Waals surface area contributed by atoms with Crippen LogP contribution in [0.2, 0.25) is 0 Å². The average molecular weight is 240 g/mol. The van der Waals surface area contributed by atoms with Gasteiger partial charge in [-0.1, -0.05) is 19.8 Å². The molecule has 0 fully saturated rings. The first kappa shape index (κ1) is 15.5. The van der Waals surface area contributed by atoms with Crippen LogP contribution in [0.1, 0.15) is 20.3 Å². The van der Waals surface area contributed by atoms with Gasteiger partial charge in [-0.05, 0) is 12.3 Å². The van der Waals surface area contributed by atoms with Gasteiger partial charge in [-0.25, -0.2) is 4.79 Å². The normalized spacial score (nSPS) is 11.7. The first-order valence-corrected chi connectivity index (χ1v) is 5.52. The molecule has 0 rings (SSSR count). The van der Waals surface area contributed by atoms with E-state index in [9.17, 15) is 9.59 Å². The van der Waals surface area contributed by atoms with Gasteiger partial charge in [-0.2, -0.15) is 0 Å². The number of carbonyl (C=O) groups excluding carboxylic acids is 2. The van der Waals surface area contributed by atoms with Gasteiger partial charge in [0.1, 0.15) is 6.04 Å². The zero-order valence-corrected chi connectivity index (χ0v) is 10.6. The summed E-state index contributed by atoms with van der Waals surface area (Å²) in [6, 6.07) is -0.597. The zero-order valence-electron chi connectivity index (χ0n) is 10.6. The molecule has 2 N–H and O–H groups in total. The highest BCUT2D eigenvalue weighted by Gasteiger charge is 2.22. The molecule has 96 valence electrons. The lowest BCUT2D eigenvalue weighted by molar-refractivity contribution is -0.145. The van der Waals surface area contributed by atoms with Crippen LogP contribution in [-0.2, 0) is 14.3 Å². The molecule has 0 saturated heterocycles. The fourth-order valence-corrected chi connectivity index (χ4v) is 1.32. The summed E-state index contributed by atoms with van der Waals surface area (Å²) in [5, 5.41) is 5.36. The van der Waals surface area contributed by atoms with Crippen molar-refractivity contribution in [2.75, 3.05) is 20.2 Å². The summed E-state index contributed by atoms with van der Waals surface area (Å²) in [5.74, 6) is 1.96. The standard InChI is InChI=1S/C12H20N2O3/c1-5-6-13-8-11(15)14-10(7-9(2)3)12(16)17-4/h1,9-10,13H,6-8H2,2-4H3,(H,14,15)/t10-/m0/s1. The van der Waals surface area contributed by atoms with E-state index in [1.165, 1.54) is 7.11 Å². The first-order chi connectivity index (χ1) is 8.01. The van der Waals surface area contributed by atoms with Crippen molar-refractivity contribution in [3.63, 3.8) is 0 Å². The summed E-state index contributed by atoms with van der Waals surface area (Å²) in [6.07, 6.45) is 5.58. The van der Waals surface area contributed by atoms with Crippen molar-refractivity contribution in [3.8, 4) is 12.3 Å². The Bertz CT molecular complexity index is 295. The second kappa shape index (κ2) is 8.59. The number of nitrogens with one attached hydrogen (secondary N) is 2. The molecular formula is C12H20N2O3. The molecule has 0 aromatic rings. The SMILES string of the molecule is C#CCNCC(=O)N[C@@H](CC(C)C)C(=O)OC. The molecule has 0 unspecified atom stereocenters. The van der Waals surface area contributed by atoms with E-state index in [2.05, 4.69) is 21.3 Å². The number of esters is 1.